The monoisotopic (exact) mass is 530 g/mol. The van der Waals surface area contributed by atoms with Gasteiger partial charge in [-0.1, -0.05) is 45.8 Å². The highest BCUT2D eigenvalue weighted by molar-refractivity contribution is 9.10. The minimum Gasteiger partial charge on any atom is -0.462 e. The molecule has 7 nitrogen and oxygen atoms in total. The van der Waals surface area contributed by atoms with Gasteiger partial charge in [0.05, 0.1) is 28.4 Å². The summed E-state index contributed by atoms with van der Waals surface area (Å²) in [6, 6.07) is 19.4. The lowest BCUT2D eigenvalue weighted by Gasteiger charge is -2.24. The highest BCUT2D eigenvalue weighted by Gasteiger charge is 2.27. The van der Waals surface area contributed by atoms with E-state index in [0.29, 0.717) is 5.69 Å². The molecule has 0 bridgehead atoms. The van der Waals surface area contributed by atoms with Crippen molar-refractivity contribution in [3.63, 3.8) is 0 Å². The van der Waals surface area contributed by atoms with Crippen LogP contribution < -0.4 is 9.62 Å². The molecule has 3 aromatic carbocycles. The first-order valence-corrected chi connectivity index (χ1v) is 12.4. The number of hydrogen-bond donors (Lipinski definition) is 1. The molecule has 1 N–H and O–H groups in total. The maximum absolute atomic E-state index is 13.4. The van der Waals surface area contributed by atoms with Crippen molar-refractivity contribution >= 4 is 49.2 Å². The van der Waals surface area contributed by atoms with Gasteiger partial charge in [-0.25, -0.2) is 13.2 Å². The van der Waals surface area contributed by atoms with E-state index in [1.165, 1.54) is 18.2 Å². The molecule has 0 atom stereocenters. The maximum Gasteiger partial charge on any atom is 0.340 e. The molecule has 0 heterocycles. The van der Waals surface area contributed by atoms with Crippen molar-refractivity contribution in [2.24, 2.45) is 0 Å². The minimum absolute atomic E-state index is 0.0655. The van der Waals surface area contributed by atoms with Crippen LogP contribution in [-0.4, -0.2) is 33.4 Å². The first-order valence-electron chi connectivity index (χ1n) is 10.1. The third-order valence-corrected chi connectivity index (χ3v) is 7.02. The number of hydrogen-bond acceptors (Lipinski definition) is 5. The van der Waals surface area contributed by atoms with Crippen LogP contribution in [0.15, 0.2) is 82.2 Å². The molecule has 9 heteroatoms. The third-order valence-electron chi connectivity index (χ3n) is 4.71. The second-order valence-corrected chi connectivity index (χ2v) is 9.89. The van der Waals surface area contributed by atoms with Gasteiger partial charge in [-0.15, -0.1) is 0 Å². The lowest BCUT2D eigenvalue weighted by Crippen LogP contribution is -2.38. The van der Waals surface area contributed by atoms with E-state index in [2.05, 4.69) is 21.2 Å². The van der Waals surface area contributed by atoms with E-state index in [4.69, 9.17) is 4.74 Å². The van der Waals surface area contributed by atoms with E-state index >= 15 is 0 Å². The zero-order chi connectivity index (χ0) is 24.0. The number of ether oxygens (including phenoxy) is 1. The number of nitrogens with one attached hydrogen (secondary N) is 1. The van der Waals surface area contributed by atoms with E-state index in [1.807, 2.05) is 6.92 Å². The first kappa shape index (κ1) is 24.5. The number of benzene rings is 3. The Hall–Kier alpha value is -3.17. The van der Waals surface area contributed by atoms with Crippen molar-refractivity contribution in [2.75, 3.05) is 22.8 Å². The third kappa shape index (κ3) is 6.00. The van der Waals surface area contributed by atoms with Gasteiger partial charge < -0.3 is 10.1 Å². The molecule has 0 aliphatic heterocycles. The molecule has 0 aromatic heterocycles. The Balaban J connectivity index is 1.93. The van der Waals surface area contributed by atoms with Gasteiger partial charge in [0, 0.05) is 4.47 Å². The number of rotatable bonds is 8. The number of sulfonamides is 1. The molecule has 33 heavy (non-hydrogen) atoms. The van der Waals surface area contributed by atoms with Crippen molar-refractivity contribution in [1.82, 2.24) is 0 Å². The SMILES string of the molecule is CCOC(=O)c1ccccc1NC(=O)CN(c1ccc(Br)cc1)S(=O)(=O)c1ccc(C)cc1. The molecule has 0 unspecified atom stereocenters. The zero-order valence-corrected chi connectivity index (χ0v) is 20.5. The molecular formula is C24H23BrN2O5S. The van der Waals surface area contributed by atoms with Gasteiger partial charge in [0.25, 0.3) is 10.0 Å². The molecule has 0 aliphatic rings. The van der Waals surface area contributed by atoms with Crippen LogP contribution in [0.4, 0.5) is 11.4 Å². The summed E-state index contributed by atoms with van der Waals surface area (Å²) >= 11 is 3.34. The van der Waals surface area contributed by atoms with Crippen LogP contribution in [0.3, 0.4) is 0 Å². The predicted octanol–water partition coefficient (Wildman–Crippen LogP) is 4.77. The van der Waals surface area contributed by atoms with Crippen LogP contribution in [0.25, 0.3) is 0 Å². The summed E-state index contributed by atoms with van der Waals surface area (Å²) in [6.07, 6.45) is 0. The van der Waals surface area contributed by atoms with Crippen molar-refractivity contribution < 1.29 is 22.7 Å². The fourth-order valence-corrected chi connectivity index (χ4v) is 4.74. The van der Waals surface area contributed by atoms with E-state index in [0.717, 1.165) is 14.3 Å². The molecule has 0 fully saturated rings. The molecule has 0 spiro atoms. The highest BCUT2D eigenvalue weighted by atomic mass is 79.9. The average molecular weight is 531 g/mol. The van der Waals surface area contributed by atoms with Gasteiger partial charge in [-0.3, -0.25) is 9.10 Å². The first-order chi connectivity index (χ1) is 15.7. The summed E-state index contributed by atoms with van der Waals surface area (Å²) in [5, 5.41) is 2.64. The van der Waals surface area contributed by atoms with Crippen molar-refractivity contribution in [3.05, 3.63) is 88.4 Å². The molecule has 0 aliphatic carbocycles. The normalized spacial score (nSPS) is 11.0. The molecule has 0 saturated heterocycles. The summed E-state index contributed by atoms with van der Waals surface area (Å²) in [6.45, 7) is 3.24. The van der Waals surface area contributed by atoms with Crippen LogP contribution >= 0.6 is 15.9 Å². The van der Waals surface area contributed by atoms with E-state index in [9.17, 15) is 18.0 Å². The lowest BCUT2D eigenvalue weighted by molar-refractivity contribution is -0.114. The average Bonchev–Trinajstić information content (AvgIpc) is 2.79. The summed E-state index contributed by atoms with van der Waals surface area (Å²) in [5.74, 6) is -1.18. The number of anilines is 2. The van der Waals surface area contributed by atoms with Crippen LogP contribution in [0.1, 0.15) is 22.8 Å². The molecule has 3 aromatic rings. The Kier molecular flexibility index (Phi) is 7.88. The number of carbonyl (C=O) groups excluding carboxylic acids is 2. The Labute approximate surface area is 201 Å². The van der Waals surface area contributed by atoms with E-state index in [1.54, 1.807) is 61.5 Å². The van der Waals surface area contributed by atoms with Crippen LogP contribution in [0.5, 0.6) is 0 Å². The maximum atomic E-state index is 13.4. The largest absolute Gasteiger partial charge is 0.462 e. The molecule has 3 rings (SSSR count). The Morgan fingerprint density at radius 1 is 0.970 bits per heavy atom. The number of aryl methyl sites for hydroxylation is 1. The van der Waals surface area contributed by atoms with Crippen molar-refractivity contribution in [3.8, 4) is 0 Å². The Morgan fingerprint density at radius 3 is 2.24 bits per heavy atom. The molecule has 0 radical (unpaired) electrons. The van der Waals surface area contributed by atoms with Gasteiger partial charge in [0.2, 0.25) is 5.91 Å². The second-order valence-electron chi connectivity index (χ2n) is 7.12. The number of carbonyl (C=O) groups is 2. The fraction of sp³-hybridized carbons (Fsp3) is 0.167. The minimum atomic E-state index is -4.04. The topological polar surface area (TPSA) is 92.8 Å². The fourth-order valence-electron chi connectivity index (χ4n) is 3.06. The summed E-state index contributed by atoms with van der Waals surface area (Å²) in [4.78, 5) is 25.2. The van der Waals surface area contributed by atoms with Crippen LogP contribution in [0.2, 0.25) is 0 Å². The Bertz CT molecular complexity index is 1240. The van der Waals surface area contributed by atoms with E-state index in [-0.39, 0.29) is 22.8 Å². The number of amides is 1. The smallest absolute Gasteiger partial charge is 0.340 e. The van der Waals surface area contributed by atoms with Gasteiger partial charge >= 0.3 is 5.97 Å². The molecular weight excluding hydrogens is 508 g/mol. The van der Waals surface area contributed by atoms with Crippen LogP contribution in [-0.2, 0) is 19.6 Å². The number of esters is 1. The van der Waals surface area contributed by atoms with Crippen molar-refractivity contribution in [1.29, 1.82) is 0 Å². The summed E-state index contributed by atoms with van der Waals surface area (Å²) < 4.78 is 33.7. The predicted molar refractivity (Wildman–Crippen MR) is 131 cm³/mol. The molecule has 0 saturated carbocycles. The zero-order valence-electron chi connectivity index (χ0n) is 18.1. The standard InChI is InChI=1S/C24H23BrN2O5S/c1-3-32-24(29)21-6-4-5-7-22(21)26-23(28)16-27(19-12-10-18(25)11-13-19)33(30,31)20-14-8-17(2)9-15-20/h4-15H,3,16H2,1-2H3,(H,26,28). The Morgan fingerprint density at radius 2 is 1.61 bits per heavy atom. The lowest BCUT2D eigenvalue weighted by atomic mass is 10.2. The summed E-state index contributed by atoms with van der Waals surface area (Å²) in [5.41, 5.74) is 1.67. The number of halogens is 1. The summed E-state index contributed by atoms with van der Waals surface area (Å²) in [7, 11) is -4.04. The van der Waals surface area contributed by atoms with Gasteiger partial charge in [0.1, 0.15) is 6.54 Å². The van der Waals surface area contributed by atoms with Crippen LogP contribution in [0, 0.1) is 6.92 Å². The molecule has 172 valence electrons. The highest BCUT2D eigenvalue weighted by Crippen LogP contribution is 2.26. The van der Waals surface area contributed by atoms with Gasteiger partial charge in [-0.2, -0.15) is 0 Å². The number of para-hydroxylation sites is 1. The van der Waals surface area contributed by atoms with E-state index < -0.39 is 28.4 Å². The molecule has 1 amide bonds. The van der Waals surface area contributed by atoms with Gasteiger partial charge in [0.15, 0.2) is 0 Å². The quantitative estimate of drug-likeness (QED) is 0.423. The van der Waals surface area contributed by atoms with Gasteiger partial charge in [-0.05, 0) is 62.4 Å². The second kappa shape index (κ2) is 10.6. The number of nitrogens with zero attached hydrogens (tertiary/aromatic N) is 1. The van der Waals surface area contributed by atoms with Crippen molar-refractivity contribution in [2.45, 2.75) is 18.7 Å².